The fourth-order valence-corrected chi connectivity index (χ4v) is 2.47. The molecule has 10 heteroatoms. The van der Waals surface area contributed by atoms with Crippen LogP contribution in [-0.2, 0) is 0 Å². The third-order valence-corrected chi connectivity index (χ3v) is 3.77. The van der Waals surface area contributed by atoms with Gasteiger partial charge in [-0.25, -0.2) is 0 Å². The molecule has 0 aliphatic heterocycles. The van der Waals surface area contributed by atoms with Crippen LogP contribution in [-0.4, -0.2) is 19.9 Å². The molecule has 0 bridgehead atoms. The largest absolute Gasteiger partial charge is 0.324 e. The summed E-state index contributed by atoms with van der Waals surface area (Å²) in [6, 6.07) is 11.3. The Hall–Kier alpha value is -2.97. The number of nitrogens with zero attached hydrogens (tertiary/aromatic N) is 4. The SMILES string of the molecule is Cc1ccc(Cl)cc1Nc1nc(Cl)nc(Nc2cccc([N+](=O)[O-])c2)n1. The van der Waals surface area contributed by atoms with Crippen LogP contribution in [0.1, 0.15) is 5.56 Å². The molecule has 1 aromatic heterocycles. The van der Waals surface area contributed by atoms with Crippen molar-refractivity contribution >= 4 is 52.2 Å². The Morgan fingerprint density at radius 2 is 1.73 bits per heavy atom. The van der Waals surface area contributed by atoms with Crippen LogP contribution in [0.25, 0.3) is 0 Å². The minimum atomic E-state index is -0.486. The lowest BCUT2D eigenvalue weighted by Gasteiger charge is -2.10. The van der Waals surface area contributed by atoms with Gasteiger partial charge in [0.15, 0.2) is 0 Å². The molecule has 0 fully saturated rings. The monoisotopic (exact) mass is 390 g/mol. The fourth-order valence-electron chi connectivity index (χ4n) is 2.14. The second kappa shape index (κ2) is 7.51. The molecule has 3 rings (SSSR count). The number of rotatable bonds is 5. The van der Waals surface area contributed by atoms with Gasteiger partial charge in [0, 0.05) is 28.5 Å². The number of hydrogen-bond acceptors (Lipinski definition) is 7. The Labute approximate surface area is 158 Å². The number of hydrogen-bond donors (Lipinski definition) is 2. The van der Waals surface area contributed by atoms with Crippen molar-refractivity contribution < 1.29 is 4.92 Å². The summed E-state index contributed by atoms with van der Waals surface area (Å²) in [5.41, 5.74) is 2.06. The average molecular weight is 391 g/mol. The lowest BCUT2D eigenvalue weighted by molar-refractivity contribution is -0.384. The molecule has 0 unspecified atom stereocenters. The Morgan fingerprint density at radius 3 is 2.46 bits per heavy atom. The van der Waals surface area contributed by atoms with Crippen molar-refractivity contribution in [3.8, 4) is 0 Å². The second-order valence-electron chi connectivity index (χ2n) is 5.27. The second-order valence-corrected chi connectivity index (χ2v) is 6.04. The van der Waals surface area contributed by atoms with E-state index in [-0.39, 0.29) is 22.9 Å². The number of benzene rings is 2. The van der Waals surface area contributed by atoms with Gasteiger partial charge >= 0.3 is 0 Å². The molecule has 0 aliphatic rings. The maximum absolute atomic E-state index is 10.9. The first-order valence-electron chi connectivity index (χ1n) is 7.37. The third-order valence-electron chi connectivity index (χ3n) is 3.37. The molecule has 0 amide bonds. The smallest absolute Gasteiger partial charge is 0.271 e. The highest BCUT2D eigenvalue weighted by atomic mass is 35.5. The van der Waals surface area contributed by atoms with Crippen molar-refractivity contribution in [3.63, 3.8) is 0 Å². The Morgan fingerprint density at radius 1 is 1.00 bits per heavy atom. The molecule has 3 aromatic rings. The number of halogens is 2. The minimum absolute atomic E-state index is 0.0323. The molecule has 0 atom stereocenters. The van der Waals surface area contributed by atoms with Crippen LogP contribution in [0.5, 0.6) is 0 Å². The van der Waals surface area contributed by atoms with Crippen molar-refractivity contribution in [1.82, 2.24) is 15.0 Å². The number of aryl methyl sites for hydroxylation is 1. The van der Waals surface area contributed by atoms with Gasteiger partial charge in [-0.1, -0.05) is 23.7 Å². The van der Waals surface area contributed by atoms with Gasteiger partial charge in [0.05, 0.1) is 4.92 Å². The molecule has 0 radical (unpaired) electrons. The van der Waals surface area contributed by atoms with E-state index in [4.69, 9.17) is 23.2 Å². The predicted octanol–water partition coefficient (Wildman–Crippen LogP) is 4.88. The van der Waals surface area contributed by atoms with Gasteiger partial charge < -0.3 is 10.6 Å². The highest BCUT2D eigenvalue weighted by Gasteiger charge is 2.10. The molecule has 0 aliphatic carbocycles. The van der Waals surface area contributed by atoms with Gasteiger partial charge in [-0.3, -0.25) is 10.1 Å². The topological polar surface area (TPSA) is 106 Å². The van der Waals surface area contributed by atoms with E-state index in [1.807, 2.05) is 13.0 Å². The summed E-state index contributed by atoms with van der Waals surface area (Å²) in [7, 11) is 0. The van der Waals surface area contributed by atoms with Crippen LogP contribution in [0.3, 0.4) is 0 Å². The van der Waals surface area contributed by atoms with E-state index in [0.717, 1.165) is 11.3 Å². The van der Waals surface area contributed by atoms with Gasteiger partial charge in [-0.15, -0.1) is 0 Å². The van der Waals surface area contributed by atoms with Crippen LogP contribution in [0.4, 0.5) is 29.0 Å². The molecule has 2 N–H and O–H groups in total. The highest BCUT2D eigenvalue weighted by Crippen LogP contribution is 2.25. The predicted molar refractivity (Wildman–Crippen MR) is 101 cm³/mol. The van der Waals surface area contributed by atoms with Crippen molar-refractivity contribution in [2.24, 2.45) is 0 Å². The van der Waals surface area contributed by atoms with E-state index in [9.17, 15) is 10.1 Å². The van der Waals surface area contributed by atoms with Crippen molar-refractivity contribution in [2.45, 2.75) is 6.92 Å². The Kier molecular flexibility index (Phi) is 5.15. The minimum Gasteiger partial charge on any atom is -0.324 e. The quantitative estimate of drug-likeness (QED) is 0.472. The van der Waals surface area contributed by atoms with Crippen molar-refractivity contribution in [3.05, 3.63) is 68.4 Å². The Balaban J connectivity index is 1.87. The standard InChI is InChI=1S/C16H12Cl2N6O2/c1-9-5-6-10(17)7-13(9)20-16-22-14(18)21-15(23-16)19-11-3-2-4-12(8-11)24(25)26/h2-8H,1H3,(H2,19,20,21,22,23). The number of nitro benzene ring substituents is 1. The van der Waals surface area contributed by atoms with Crippen LogP contribution in [0, 0.1) is 17.0 Å². The number of nitrogens with one attached hydrogen (secondary N) is 2. The normalized spacial score (nSPS) is 10.4. The summed E-state index contributed by atoms with van der Waals surface area (Å²) in [6.45, 7) is 1.91. The average Bonchev–Trinajstić information content (AvgIpc) is 2.58. The van der Waals surface area contributed by atoms with Crippen molar-refractivity contribution in [2.75, 3.05) is 10.6 Å². The van der Waals surface area contributed by atoms with E-state index in [1.165, 1.54) is 12.1 Å². The van der Waals surface area contributed by atoms with Gasteiger partial charge in [-0.05, 0) is 42.3 Å². The number of nitro groups is 1. The molecule has 132 valence electrons. The fraction of sp³-hybridized carbons (Fsp3) is 0.0625. The zero-order chi connectivity index (χ0) is 18.7. The zero-order valence-corrected chi connectivity index (χ0v) is 14.9. The molecule has 1 heterocycles. The Bertz CT molecular complexity index is 983. The van der Waals surface area contributed by atoms with Gasteiger partial charge in [0.2, 0.25) is 17.2 Å². The molecule has 8 nitrogen and oxygen atoms in total. The first-order chi connectivity index (χ1) is 12.4. The number of non-ortho nitro benzene ring substituents is 1. The molecule has 2 aromatic carbocycles. The third kappa shape index (κ3) is 4.35. The number of anilines is 4. The van der Waals surface area contributed by atoms with Crippen LogP contribution >= 0.6 is 23.2 Å². The van der Waals surface area contributed by atoms with Gasteiger partial charge in [0.1, 0.15) is 0 Å². The molecule has 0 saturated carbocycles. The summed E-state index contributed by atoms with van der Waals surface area (Å²) < 4.78 is 0. The summed E-state index contributed by atoms with van der Waals surface area (Å²) in [5, 5.41) is 17.3. The van der Waals surface area contributed by atoms with E-state index in [0.29, 0.717) is 10.7 Å². The summed E-state index contributed by atoms with van der Waals surface area (Å²) in [5.74, 6) is 0.357. The van der Waals surface area contributed by atoms with E-state index < -0.39 is 4.92 Å². The molecule has 0 spiro atoms. The van der Waals surface area contributed by atoms with Crippen LogP contribution in [0.2, 0.25) is 10.3 Å². The van der Waals surface area contributed by atoms with Crippen molar-refractivity contribution in [1.29, 1.82) is 0 Å². The van der Waals surface area contributed by atoms with Crippen LogP contribution < -0.4 is 10.6 Å². The first kappa shape index (κ1) is 17.8. The van der Waals surface area contributed by atoms with E-state index >= 15 is 0 Å². The number of aromatic nitrogens is 3. The molecular weight excluding hydrogens is 379 g/mol. The summed E-state index contributed by atoms with van der Waals surface area (Å²) in [4.78, 5) is 22.6. The van der Waals surface area contributed by atoms with Gasteiger partial charge in [-0.2, -0.15) is 15.0 Å². The zero-order valence-electron chi connectivity index (χ0n) is 13.4. The summed E-state index contributed by atoms with van der Waals surface area (Å²) in [6.07, 6.45) is 0. The molecular formula is C16H12Cl2N6O2. The summed E-state index contributed by atoms with van der Waals surface area (Å²) >= 11 is 12.0. The molecule has 0 saturated heterocycles. The van der Waals surface area contributed by atoms with E-state index in [1.54, 1.807) is 24.3 Å². The van der Waals surface area contributed by atoms with E-state index in [2.05, 4.69) is 25.6 Å². The maximum atomic E-state index is 10.9. The highest BCUT2D eigenvalue weighted by molar-refractivity contribution is 6.31. The van der Waals surface area contributed by atoms with Gasteiger partial charge in [0.25, 0.3) is 5.69 Å². The van der Waals surface area contributed by atoms with Crippen LogP contribution in [0.15, 0.2) is 42.5 Å². The lowest BCUT2D eigenvalue weighted by Crippen LogP contribution is -2.04. The first-order valence-corrected chi connectivity index (χ1v) is 8.12. The molecule has 26 heavy (non-hydrogen) atoms. The maximum Gasteiger partial charge on any atom is 0.271 e. The lowest BCUT2D eigenvalue weighted by atomic mass is 10.2.